The highest BCUT2D eigenvalue weighted by Crippen LogP contribution is 2.59. The lowest BCUT2D eigenvalue weighted by atomic mass is 9.59. The number of aromatic nitrogens is 3. The summed E-state index contributed by atoms with van der Waals surface area (Å²) in [6.07, 6.45) is 9.76. The minimum atomic E-state index is -0.813. The molecular formula is C41H49F2N5O6. The maximum Gasteiger partial charge on any atom is 0.319 e. The van der Waals surface area contributed by atoms with Crippen molar-refractivity contribution in [2.45, 2.75) is 95.0 Å². The molecule has 9 rings (SSSR count). The van der Waals surface area contributed by atoms with E-state index in [2.05, 4.69) is 10.3 Å². The van der Waals surface area contributed by atoms with Crippen LogP contribution in [-0.4, -0.2) is 95.6 Å². The van der Waals surface area contributed by atoms with E-state index in [1.54, 1.807) is 6.07 Å². The summed E-state index contributed by atoms with van der Waals surface area (Å²) in [6.45, 7) is 4.19. The SMILES string of the molecule is CCc1c(F)ccc2cc(O)cc(-c3nc(OC)c4c(N5CCOCC(O)C5)nc(OCC56CCCNC5(C5CC7CCC(C5)O7)CCC6)nc4c3F)c12. The number of fused-ring (bicyclic) bond motifs is 5. The van der Waals surface area contributed by atoms with Crippen LogP contribution in [0.25, 0.3) is 32.9 Å². The van der Waals surface area contributed by atoms with Crippen molar-refractivity contribution in [3.8, 4) is 28.9 Å². The van der Waals surface area contributed by atoms with Gasteiger partial charge in [0.1, 0.15) is 34.0 Å². The zero-order valence-electron chi connectivity index (χ0n) is 31.0. The van der Waals surface area contributed by atoms with Crippen molar-refractivity contribution in [3.05, 3.63) is 41.5 Å². The molecule has 1 saturated carbocycles. The van der Waals surface area contributed by atoms with E-state index >= 15 is 8.78 Å². The molecule has 5 aliphatic rings. The topological polar surface area (TPSA) is 131 Å². The van der Waals surface area contributed by atoms with Crippen LogP contribution in [0.3, 0.4) is 0 Å². The fourth-order valence-corrected chi connectivity index (χ4v) is 10.8. The van der Waals surface area contributed by atoms with Crippen molar-refractivity contribution < 1.29 is 37.9 Å². The highest BCUT2D eigenvalue weighted by molar-refractivity contribution is 6.03. The Kier molecular flexibility index (Phi) is 9.27. The second kappa shape index (κ2) is 14.0. The van der Waals surface area contributed by atoms with Crippen LogP contribution in [-0.2, 0) is 15.9 Å². The molecule has 2 bridgehead atoms. The summed E-state index contributed by atoms with van der Waals surface area (Å²) in [7, 11) is 1.44. The second-order valence-electron chi connectivity index (χ2n) is 16.0. The lowest BCUT2D eigenvalue weighted by Gasteiger charge is -2.55. The van der Waals surface area contributed by atoms with Crippen molar-refractivity contribution in [3.63, 3.8) is 0 Å². The molecular weight excluding hydrogens is 696 g/mol. The summed E-state index contributed by atoms with van der Waals surface area (Å²) in [5.41, 5.74) is 0.129. The van der Waals surface area contributed by atoms with Crippen molar-refractivity contribution in [2.24, 2.45) is 11.3 Å². The first kappa shape index (κ1) is 35.8. The van der Waals surface area contributed by atoms with Crippen molar-refractivity contribution in [1.82, 2.24) is 20.3 Å². The third-order valence-corrected chi connectivity index (χ3v) is 13.1. The first-order valence-electron chi connectivity index (χ1n) is 19.7. The summed E-state index contributed by atoms with van der Waals surface area (Å²) in [6, 6.07) is 5.86. The highest BCUT2D eigenvalue weighted by atomic mass is 19.1. The van der Waals surface area contributed by atoms with E-state index in [9.17, 15) is 10.2 Å². The molecule has 11 nitrogen and oxygen atoms in total. The Labute approximate surface area is 313 Å². The van der Waals surface area contributed by atoms with Gasteiger partial charge in [-0.3, -0.25) is 0 Å². The maximum absolute atomic E-state index is 17.4. The van der Waals surface area contributed by atoms with E-state index in [1.807, 2.05) is 11.8 Å². The molecule has 2 aromatic heterocycles. The summed E-state index contributed by atoms with van der Waals surface area (Å²) in [4.78, 5) is 16.2. The van der Waals surface area contributed by atoms with Gasteiger partial charge in [0.25, 0.3) is 0 Å². The number of piperidine rings is 1. The summed E-state index contributed by atoms with van der Waals surface area (Å²) >= 11 is 0. The van der Waals surface area contributed by atoms with Gasteiger partial charge < -0.3 is 39.4 Å². The molecule has 0 spiro atoms. The molecule has 0 radical (unpaired) electrons. The number of methoxy groups -OCH3 is 1. The molecule has 54 heavy (non-hydrogen) atoms. The smallest absolute Gasteiger partial charge is 0.319 e. The quantitative estimate of drug-likeness (QED) is 0.190. The molecule has 5 fully saturated rings. The van der Waals surface area contributed by atoms with E-state index in [4.69, 9.17) is 28.9 Å². The Balaban J connectivity index is 1.18. The Morgan fingerprint density at radius 3 is 2.65 bits per heavy atom. The van der Waals surface area contributed by atoms with Crippen LogP contribution in [0.15, 0.2) is 24.3 Å². The van der Waals surface area contributed by atoms with E-state index in [-0.39, 0.29) is 63.9 Å². The Morgan fingerprint density at radius 2 is 1.85 bits per heavy atom. The van der Waals surface area contributed by atoms with Crippen LogP contribution >= 0.6 is 0 Å². The lowest BCUT2D eigenvalue weighted by Crippen LogP contribution is -2.65. The van der Waals surface area contributed by atoms with Crippen molar-refractivity contribution in [2.75, 3.05) is 51.5 Å². The second-order valence-corrected chi connectivity index (χ2v) is 16.0. The number of ether oxygens (including phenoxy) is 4. The fourth-order valence-electron chi connectivity index (χ4n) is 10.8. The fraction of sp³-hybridized carbons (Fsp3) is 0.585. The van der Waals surface area contributed by atoms with Crippen molar-refractivity contribution >= 4 is 27.5 Å². The van der Waals surface area contributed by atoms with Crippen LogP contribution in [0.1, 0.15) is 70.3 Å². The summed E-state index contributed by atoms with van der Waals surface area (Å²) in [5.74, 6) is -0.488. The standard InChI is InChI=1S/C41H49F2N5O6/c1-3-29-31(42)9-6-23-16-25(49)19-30(32(23)29)35-34(43)36-33(38(45-35)51-2)37(48-14-15-52-21-26(50)20-48)47-39(46-36)53-22-40-10-4-12-41(40,44-13-5-11-40)24-17-27-7-8-28(18-24)54-27/h6,9,16,19,24,26-28,44,49-50H,3-5,7-8,10-15,17-18,20-22H2,1-2H3. The number of pyridine rings is 1. The third-order valence-electron chi connectivity index (χ3n) is 13.1. The van der Waals surface area contributed by atoms with Gasteiger partial charge in [0.2, 0.25) is 5.88 Å². The van der Waals surface area contributed by atoms with Crippen LogP contribution in [0.5, 0.6) is 17.6 Å². The maximum atomic E-state index is 17.4. The number of aliphatic hydroxyl groups is 1. The predicted octanol–water partition coefficient (Wildman–Crippen LogP) is 6.23. The number of nitrogens with zero attached hydrogens (tertiary/aromatic N) is 4. The number of rotatable bonds is 8. The number of aryl methyl sites for hydroxylation is 1. The molecule has 2 aromatic carbocycles. The molecule has 4 aliphatic heterocycles. The highest BCUT2D eigenvalue weighted by Gasteiger charge is 2.61. The number of hydrogen-bond donors (Lipinski definition) is 3. The molecule has 13 heteroatoms. The number of phenols is 1. The van der Waals surface area contributed by atoms with Crippen LogP contribution in [0.4, 0.5) is 14.6 Å². The molecule has 4 aromatic rings. The number of β-amino-alcohol motifs (C(OH)–C–C–N with tert-alkyl or cyclic N) is 1. The number of phenolic OH excluding ortho intramolecular Hbond substituents is 1. The van der Waals surface area contributed by atoms with E-state index < -0.39 is 17.7 Å². The first-order chi connectivity index (χ1) is 26.2. The van der Waals surface area contributed by atoms with Gasteiger partial charge in [-0.25, -0.2) is 13.8 Å². The van der Waals surface area contributed by atoms with Gasteiger partial charge >= 0.3 is 6.01 Å². The number of anilines is 1. The molecule has 5 unspecified atom stereocenters. The van der Waals surface area contributed by atoms with Crippen LogP contribution in [0, 0.1) is 23.0 Å². The minimum Gasteiger partial charge on any atom is -0.508 e. The van der Waals surface area contributed by atoms with E-state index in [0.29, 0.717) is 66.5 Å². The number of aliphatic hydroxyl groups excluding tert-OH is 1. The molecule has 4 saturated heterocycles. The number of nitrogens with one attached hydrogen (secondary N) is 1. The number of aromatic hydroxyl groups is 1. The van der Waals surface area contributed by atoms with Gasteiger partial charge in [0.15, 0.2) is 5.82 Å². The van der Waals surface area contributed by atoms with E-state index in [1.165, 1.54) is 25.3 Å². The third kappa shape index (κ3) is 5.84. The van der Waals surface area contributed by atoms with Gasteiger partial charge in [-0.15, -0.1) is 0 Å². The molecule has 0 amide bonds. The Bertz CT molecular complexity index is 2080. The minimum absolute atomic E-state index is 0.0177. The van der Waals surface area contributed by atoms with Crippen LogP contribution in [0.2, 0.25) is 0 Å². The molecule has 6 heterocycles. The van der Waals surface area contributed by atoms with Gasteiger partial charge in [-0.05, 0) is 105 Å². The zero-order valence-corrected chi connectivity index (χ0v) is 31.0. The number of hydrogen-bond acceptors (Lipinski definition) is 11. The van der Waals surface area contributed by atoms with Gasteiger partial charge in [-0.2, -0.15) is 9.97 Å². The Hall–Kier alpha value is -3.91. The average molecular weight is 746 g/mol. The molecule has 1 aliphatic carbocycles. The number of benzene rings is 2. The predicted molar refractivity (Wildman–Crippen MR) is 199 cm³/mol. The van der Waals surface area contributed by atoms with Gasteiger partial charge in [0.05, 0.1) is 45.2 Å². The van der Waals surface area contributed by atoms with Gasteiger partial charge in [-0.1, -0.05) is 19.4 Å². The molecule has 3 N–H and O–H groups in total. The summed E-state index contributed by atoms with van der Waals surface area (Å²) in [5, 5.41) is 26.8. The largest absolute Gasteiger partial charge is 0.508 e. The summed E-state index contributed by atoms with van der Waals surface area (Å²) < 4.78 is 57.1. The van der Waals surface area contributed by atoms with E-state index in [0.717, 1.165) is 64.3 Å². The average Bonchev–Trinajstić information content (AvgIpc) is 3.65. The normalized spacial score (nSPS) is 29.8. The number of halogens is 2. The van der Waals surface area contributed by atoms with Gasteiger partial charge in [0, 0.05) is 29.6 Å². The van der Waals surface area contributed by atoms with Crippen LogP contribution < -0.4 is 19.7 Å². The van der Waals surface area contributed by atoms with Crippen molar-refractivity contribution in [1.29, 1.82) is 0 Å². The molecule has 288 valence electrons. The zero-order chi connectivity index (χ0) is 37.2. The molecule has 5 atom stereocenters. The monoisotopic (exact) mass is 745 g/mol. The Morgan fingerprint density at radius 1 is 1.04 bits per heavy atom. The first-order valence-corrected chi connectivity index (χ1v) is 19.7. The lowest BCUT2D eigenvalue weighted by molar-refractivity contribution is -0.0870.